The summed E-state index contributed by atoms with van der Waals surface area (Å²) >= 11 is 0. The Kier molecular flexibility index (Phi) is 5.64. The fourth-order valence-corrected chi connectivity index (χ4v) is 5.55. The number of hydrogen-bond donors (Lipinski definition) is 0. The minimum atomic E-state index is -0.158. The van der Waals surface area contributed by atoms with E-state index < -0.39 is 0 Å². The molecule has 0 aliphatic rings. The Labute approximate surface area is 230 Å². The predicted molar refractivity (Wildman–Crippen MR) is 160 cm³/mol. The molecule has 0 fully saturated rings. The Hall–Kier alpha value is -5.29. The number of benzene rings is 5. The van der Waals surface area contributed by atoms with E-state index in [9.17, 15) is 4.79 Å². The molecule has 7 aromatic rings. The standard InChI is InChI=1S/C35H25NO4/c1-38-26-16-12-22(13-17-26)31-32-34-25(21-30(35(32)37)40-28-9-4-3-5-10-28)20-24-8-6-7-11-29(24)36(34)33(31)23-14-18-27(39-2)19-15-23/h3-21H,1-2H3. The third-order valence-corrected chi connectivity index (χ3v) is 7.38. The van der Waals surface area contributed by atoms with Crippen LogP contribution in [-0.4, -0.2) is 18.6 Å². The van der Waals surface area contributed by atoms with Crippen molar-refractivity contribution in [1.29, 1.82) is 0 Å². The van der Waals surface area contributed by atoms with Gasteiger partial charge in [0.1, 0.15) is 17.2 Å². The molecule has 0 spiro atoms. The van der Waals surface area contributed by atoms with E-state index in [0.29, 0.717) is 11.1 Å². The molecule has 0 unspecified atom stereocenters. The monoisotopic (exact) mass is 523 g/mol. The molecule has 0 N–H and O–H groups in total. The van der Waals surface area contributed by atoms with E-state index >= 15 is 0 Å². The molecule has 0 saturated heterocycles. The molecule has 0 aliphatic carbocycles. The van der Waals surface area contributed by atoms with E-state index in [1.54, 1.807) is 14.2 Å². The minimum absolute atomic E-state index is 0.158. The molecule has 194 valence electrons. The fraction of sp³-hybridized carbons (Fsp3) is 0.0571. The minimum Gasteiger partial charge on any atom is -0.497 e. The number of nitrogens with zero attached hydrogens (tertiary/aromatic N) is 1. The van der Waals surface area contributed by atoms with Crippen LogP contribution in [0, 0.1) is 0 Å². The summed E-state index contributed by atoms with van der Waals surface area (Å²) in [6, 6.07) is 37.5. The zero-order valence-electron chi connectivity index (χ0n) is 22.0. The lowest BCUT2D eigenvalue weighted by Gasteiger charge is -2.12. The molecule has 0 atom stereocenters. The number of fused-ring (bicyclic) bond motifs is 2. The Morgan fingerprint density at radius 2 is 1.23 bits per heavy atom. The number of ether oxygens (including phenoxy) is 3. The van der Waals surface area contributed by atoms with Gasteiger partial charge in [-0.2, -0.15) is 0 Å². The van der Waals surface area contributed by atoms with E-state index in [0.717, 1.165) is 55.7 Å². The summed E-state index contributed by atoms with van der Waals surface area (Å²) in [5, 5.41) is 2.60. The number of rotatable bonds is 6. The fourth-order valence-electron chi connectivity index (χ4n) is 5.55. The van der Waals surface area contributed by atoms with Crippen LogP contribution in [0.25, 0.3) is 49.6 Å². The molecule has 0 radical (unpaired) electrons. The first kappa shape index (κ1) is 23.8. The molecule has 40 heavy (non-hydrogen) atoms. The zero-order valence-corrected chi connectivity index (χ0v) is 22.0. The number of hydrogen-bond acceptors (Lipinski definition) is 4. The van der Waals surface area contributed by atoms with Crippen molar-refractivity contribution in [3.05, 3.63) is 125 Å². The van der Waals surface area contributed by atoms with Gasteiger partial charge >= 0.3 is 0 Å². The van der Waals surface area contributed by atoms with Crippen molar-refractivity contribution < 1.29 is 14.2 Å². The van der Waals surface area contributed by atoms with E-state index in [1.165, 1.54) is 0 Å². The van der Waals surface area contributed by atoms with Gasteiger partial charge in [0.15, 0.2) is 5.75 Å². The van der Waals surface area contributed by atoms with Gasteiger partial charge in [-0.05, 0) is 83.2 Å². The molecule has 0 amide bonds. The van der Waals surface area contributed by atoms with Crippen LogP contribution in [0.3, 0.4) is 0 Å². The van der Waals surface area contributed by atoms with Crippen molar-refractivity contribution in [1.82, 2.24) is 4.40 Å². The number of pyridine rings is 1. The number of methoxy groups -OCH3 is 2. The van der Waals surface area contributed by atoms with Gasteiger partial charge in [0.2, 0.25) is 5.43 Å². The van der Waals surface area contributed by atoms with Crippen LogP contribution in [-0.2, 0) is 0 Å². The summed E-state index contributed by atoms with van der Waals surface area (Å²) in [6.07, 6.45) is 0. The lowest BCUT2D eigenvalue weighted by atomic mass is 9.97. The lowest BCUT2D eigenvalue weighted by Crippen LogP contribution is -2.06. The average Bonchev–Trinajstić information content (AvgIpc) is 3.37. The smallest absolute Gasteiger partial charge is 0.231 e. The molecule has 2 aromatic heterocycles. The summed E-state index contributed by atoms with van der Waals surface area (Å²) in [5.74, 6) is 2.42. The van der Waals surface area contributed by atoms with Gasteiger partial charge in [0.05, 0.1) is 36.3 Å². The summed E-state index contributed by atoms with van der Waals surface area (Å²) < 4.78 is 19.3. The third kappa shape index (κ3) is 3.75. The summed E-state index contributed by atoms with van der Waals surface area (Å²) in [6.45, 7) is 0. The first-order valence-electron chi connectivity index (χ1n) is 13.0. The van der Waals surface area contributed by atoms with Crippen LogP contribution < -0.4 is 19.6 Å². The van der Waals surface area contributed by atoms with Gasteiger partial charge in [0.25, 0.3) is 0 Å². The number of para-hydroxylation sites is 2. The molecule has 2 heterocycles. The van der Waals surface area contributed by atoms with Crippen molar-refractivity contribution >= 4 is 27.2 Å². The highest BCUT2D eigenvalue weighted by Crippen LogP contribution is 2.44. The van der Waals surface area contributed by atoms with Gasteiger partial charge in [-0.3, -0.25) is 4.79 Å². The van der Waals surface area contributed by atoms with Crippen LogP contribution in [0.2, 0.25) is 0 Å². The predicted octanol–water partition coefficient (Wildman–Crippen LogP) is 8.19. The van der Waals surface area contributed by atoms with Gasteiger partial charge in [0, 0.05) is 10.9 Å². The highest BCUT2D eigenvalue weighted by Gasteiger charge is 2.26. The Morgan fingerprint density at radius 1 is 0.600 bits per heavy atom. The van der Waals surface area contributed by atoms with Crippen molar-refractivity contribution in [3.8, 4) is 45.4 Å². The SMILES string of the molecule is COc1ccc(-c2c(-c3ccc(OC)cc3)n3c4ccccc4cc4cc(Oc5ccccc5)c(=O)c2c43)cc1. The van der Waals surface area contributed by atoms with Crippen LogP contribution >= 0.6 is 0 Å². The van der Waals surface area contributed by atoms with Crippen LogP contribution in [0.5, 0.6) is 23.0 Å². The topological polar surface area (TPSA) is 49.2 Å². The van der Waals surface area contributed by atoms with Crippen molar-refractivity contribution in [3.63, 3.8) is 0 Å². The summed E-state index contributed by atoms with van der Waals surface area (Å²) in [5.41, 5.74) is 5.37. The second-order valence-electron chi connectivity index (χ2n) is 9.65. The molecular weight excluding hydrogens is 498 g/mol. The van der Waals surface area contributed by atoms with Gasteiger partial charge < -0.3 is 18.6 Å². The Balaban J connectivity index is 1.66. The first-order chi connectivity index (χ1) is 19.7. The Bertz CT molecular complexity index is 2040. The van der Waals surface area contributed by atoms with Gasteiger partial charge in [-0.15, -0.1) is 0 Å². The van der Waals surface area contributed by atoms with E-state index in [1.807, 2.05) is 97.1 Å². The lowest BCUT2D eigenvalue weighted by molar-refractivity contribution is 0.414. The average molecular weight is 524 g/mol. The summed E-state index contributed by atoms with van der Waals surface area (Å²) in [7, 11) is 3.30. The van der Waals surface area contributed by atoms with E-state index in [2.05, 4.69) is 22.6 Å². The molecule has 5 nitrogen and oxygen atoms in total. The Morgan fingerprint density at radius 3 is 1.90 bits per heavy atom. The summed E-state index contributed by atoms with van der Waals surface area (Å²) in [4.78, 5) is 14.4. The first-order valence-corrected chi connectivity index (χ1v) is 13.0. The largest absolute Gasteiger partial charge is 0.497 e. The van der Waals surface area contributed by atoms with Gasteiger partial charge in [-0.25, -0.2) is 0 Å². The molecule has 5 heteroatoms. The van der Waals surface area contributed by atoms with Crippen LogP contribution in [0.15, 0.2) is 120 Å². The normalized spacial score (nSPS) is 11.3. The molecule has 0 saturated carbocycles. The molecule has 5 aromatic carbocycles. The second-order valence-corrected chi connectivity index (χ2v) is 9.65. The third-order valence-electron chi connectivity index (χ3n) is 7.38. The number of aromatic nitrogens is 1. The van der Waals surface area contributed by atoms with Crippen molar-refractivity contribution in [2.45, 2.75) is 0 Å². The molecule has 0 aliphatic heterocycles. The quantitative estimate of drug-likeness (QED) is 0.206. The van der Waals surface area contributed by atoms with E-state index in [-0.39, 0.29) is 11.2 Å². The van der Waals surface area contributed by atoms with Gasteiger partial charge in [-0.1, -0.05) is 48.5 Å². The van der Waals surface area contributed by atoms with Crippen molar-refractivity contribution in [2.75, 3.05) is 14.2 Å². The zero-order chi connectivity index (χ0) is 27.2. The highest BCUT2D eigenvalue weighted by atomic mass is 16.5. The maximum absolute atomic E-state index is 14.4. The molecule has 7 rings (SSSR count). The van der Waals surface area contributed by atoms with Crippen LogP contribution in [0.4, 0.5) is 0 Å². The van der Waals surface area contributed by atoms with Crippen LogP contribution in [0.1, 0.15) is 0 Å². The second kappa shape index (κ2) is 9.47. The maximum atomic E-state index is 14.4. The van der Waals surface area contributed by atoms with E-state index in [4.69, 9.17) is 14.2 Å². The molecular formula is C35H25NO4. The van der Waals surface area contributed by atoms with Crippen molar-refractivity contribution in [2.24, 2.45) is 0 Å². The maximum Gasteiger partial charge on any atom is 0.231 e. The molecule has 0 bridgehead atoms. The highest BCUT2D eigenvalue weighted by molar-refractivity contribution is 6.14.